The zero-order valence-corrected chi connectivity index (χ0v) is 11.6. The smallest absolute Gasteiger partial charge is 0.0139 e. The number of thioether (sulfide) groups is 2. The first-order valence-electron chi connectivity index (χ1n) is 5.05. The van der Waals surface area contributed by atoms with E-state index < -0.39 is 0 Å². The molecule has 0 fully saturated rings. The van der Waals surface area contributed by atoms with Gasteiger partial charge < -0.3 is 0 Å². The highest BCUT2D eigenvalue weighted by molar-refractivity contribution is 8.00. The Morgan fingerprint density at radius 2 is 1.15 bits per heavy atom. The van der Waals surface area contributed by atoms with Crippen LogP contribution in [0.1, 0.15) is 47.0 Å². The molecule has 13 heavy (non-hydrogen) atoms. The molecule has 2 unspecified atom stereocenters. The summed E-state index contributed by atoms with van der Waals surface area (Å²) in [4.78, 5) is 0. The van der Waals surface area contributed by atoms with E-state index in [1.807, 2.05) is 23.5 Å². The maximum absolute atomic E-state index is 2.39. The number of hydrogen-bond acceptors (Lipinski definition) is 2. The molecule has 0 aliphatic heterocycles. The van der Waals surface area contributed by atoms with Gasteiger partial charge in [0.15, 0.2) is 0 Å². The summed E-state index contributed by atoms with van der Waals surface area (Å²) >= 11 is 4.03. The van der Waals surface area contributed by atoms with Crippen molar-refractivity contribution in [1.29, 1.82) is 0 Å². The molecule has 0 aromatic rings. The molecule has 0 heterocycles. The Balaban J connectivity index is 4.36. The van der Waals surface area contributed by atoms with Gasteiger partial charge in [0, 0.05) is 9.49 Å². The number of rotatable bonds is 6. The van der Waals surface area contributed by atoms with Crippen LogP contribution in [0.5, 0.6) is 0 Å². The second-order valence-corrected chi connectivity index (χ2v) is 6.98. The molecule has 0 amide bonds. The maximum Gasteiger partial charge on any atom is 0.0139 e. The third-order valence-electron chi connectivity index (χ3n) is 3.23. The average molecular weight is 220 g/mol. The van der Waals surface area contributed by atoms with E-state index in [9.17, 15) is 0 Å². The first-order chi connectivity index (χ1) is 5.95. The summed E-state index contributed by atoms with van der Waals surface area (Å²) in [5, 5.41) is 0. The van der Waals surface area contributed by atoms with Gasteiger partial charge in [0.2, 0.25) is 0 Å². The van der Waals surface area contributed by atoms with E-state index in [1.165, 1.54) is 19.3 Å². The lowest BCUT2D eigenvalue weighted by Gasteiger charge is -2.36. The summed E-state index contributed by atoms with van der Waals surface area (Å²) < 4.78 is 0.932. The predicted octanol–water partition coefficient (Wildman–Crippen LogP) is 4.44. The van der Waals surface area contributed by atoms with Crippen molar-refractivity contribution in [2.45, 2.75) is 56.5 Å². The molecular formula is C11H24S2. The van der Waals surface area contributed by atoms with E-state index in [4.69, 9.17) is 0 Å². The minimum atomic E-state index is 0.466. The molecule has 0 radical (unpaired) electrons. The molecule has 2 heteroatoms. The Morgan fingerprint density at radius 3 is 1.31 bits per heavy atom. The van der Waals surface area contributed by atoms with E-state index in [2.05, 4.69) is 40.2 Å². The fourth-order valence-electron chi connectivity index (χ4n) is 1.47. The molecule has 0 saturated carbocycles. The van der Waals surface area contributed by atoms with Gasteiger partial charge in [-0.2, -0.15) is 23.5 Å². The second kappa shape index (κ2) is 5.55. The monoisotopic (exact) mass is 220 g/mol. The molecule has 80 valence electrons. The predicted molar refractivity (Wildman–Crippen MR) is 69.0 cm³/mol. The lowest BCUT2D eigenvalue weighted by atomic mass is 9.92. The third-order valence-corrected chi connectivity index (χ3v) is 6.07. The van der Waals surface area contributed by atoms with Gasteiger partial charge in [-0.05, 0) is 31.8 Å². The van der Waals surface area contributed by atoms with Gasteiger partial charge in [-0.1, -0.05) is 27.7 Å². The van der Waals surface area contributed by atoms with E-state index in [0.29, 0.717) is 9.49 Å². The quantitative estimate of drug-likeness (QED) is 0.649. The maximum atomic E-state index is 2.39. The minimum absolute atomic E-state index is 0.466. The Morgan fingerprint density at radius 1 is 0.846 bits per heavy atom. The summed E-state index contributed by atoms with van der Waals surface area (Å²) in [6.45, 7) is 9.38. The molecule has 0 aliphatic carbocycles. The molecule has 0 aliphatic rings. The van der Waals surface area contributed by atoms with Crippen molar-refractivity contribution in [1.82, 2.24) is 0 Å². The summed E-state index contributed by atoms with van der Waals surface area (Å²) in [6.07, 6.45) is 8.32. The molecule has 2 atom stereocenters. The van der Waals surface area contributed by atoms with Gasteiger partial charge in [0.1, 0.15) is 0 Å². The van der Waals surface area contributed by atoms with Crippen LogP contribution in [-0.2, 0) is 0 Å². The standard InChI is InChI=1S/C11H24S2/c1-7-10(3,12-5)9-11(4,8-2)13-6/h7-9H2,1-6H3. The summed E-state index contributed by atoms with van der Waals surface area (Å²) in [7, 11) is 0. The highest BCUT2D eigenvalue weighted by atomic mass is 32.2. The minimum Gasteiger partial charge on any atom is -0.159 e. The van der Waals surface area contributed by atoms with Crippen LogP contribution >= 0.6 is 23.5 Å². The Kier molecular flexibility index (Phi) is 5.85. The Bertz CT molecular complexity index is 119. The molecule has 0 saturated heterocycles. The fourth-order valence-corrected chi connectivity index (χ4v) is 3.07. The van der Waals surface area contributed by atoms with E-state index >= 15 is 0 Å². The van der Waals surface area contributed by atoms with Crippen molar-refractivity contribution in [3.63, 3.8) is 0 Å². The summed E-state index contributed by atoms with van der Waals surface area (Å²) in [5.41, 5.74) is 0. The van der Waals surface area contributed by atoms with E-state index in [1.54, 1.807) is 0 Å². The van der Waals surface area contributed by atoms with E-state index in [0.717, 1.165) is 0 Å². The van der Waals surface area contributed by atoms with Crippen molar-refractivity contribution in [3.8, 4) is 0 Å². The summed E-state index contributed by atoms with van der Waals surface area (Å²) in [5.74, 6) is 0. The van der Waals surface area contributed by atoms with Gasteiger partial charge in [-0.3, -0.25) is 0 Å². The summed E-state index contributed by atoms with van der Waals surface area (Å²) in [6, 6.07) is 0. The van der Waals surface area contributed by atoms with E-state index in [-0.39, 0.29) is 0 Å². The van der Waals surface area contributed by atoms with Crippen LogP contribution in [0.15, 0.2) is 0 Å². The first kappa shape index (κ1) is 13.7. The molecule has 0 bridgehead atoms. The van der Waals surface area contributed by atoms with Crippen LogP contribution in [0, 0.1) is 0 Å². The molecule has 0 spiro atoms. The molecule has 0 rings (SSSR count). The molecule has 0 aromatic heterocycles. The molecular weight excluding hydrogens is 196 g/mol. The zero-order chi connectivity index (χ0) is 10.5. The van der Waals surface area contributed by atoms with Gasteiger partial charge in [0.05, 0.1) is 0 Å². The van der Waals surface area contributed by atoms with Crippen molar-refractivity contribution < 1.29 is 0 Å². The van der Waals surface area contributed by atoms with Crippen LogP contribution in [-0.4, -0.2) is 22.0 Å². The lowest BCUT2D eigenvalue weighted by Crippen LogP contribution is -2.31. The van der Waals surface area contributed by atoms with Crippen LogP contribution < -0.4 is 0 Å². The van der Waals surface area contributed by atoms with Crippen LogP contribution in [0.2, 0.25) is 0 Å². The highest BCUT2D eigenvalue weighted by Crippen LogP contribution is 2.41. The van der Waals surface area contributed by atoms with Crippen molar-refractivity contribution >= 4 is 23.5 Å². The SMILES string of the molecule is CCC(C)(CC(C)(CC)SC)SC. The first-order valence-corrected chi connectivity index (χ1v) is 7.50. The van der Waals surface area contributed by atoms with Crippen LogP contribution in [0.25, 0.3) is 0 Å². The van der Waals surface area contributed by atoms with Crippen molar-refractivity contribution in [3.05, 3.63) is 0 Å². The van der Waals surface area contributed by atoms with Gasteiger partial charge in [-0.25, -0.2) is 0 Å². The van der Waals surface area contributed by atoms with Crippen molar-refractivity contribution in [2.75, 3.05) is 12.5 Å². The third kappa shape index (κ3) is 4.16. The molecule has 0 N–H and O–H groups in total. The topological polar surface area (TPSA) is 0 Å². The van der Waals surface area contributed by atoms with Crippen LogP contribution in [0.4, 0.5) is 0 Å². The fraction of sp³-hybridized carbons (Fsp3) is 1.00. The van der Waals surface area contributed by atoms with Crippen molar-refractivity contribution in [2.24, 2.45) is 0 Å². The van der Waals surface area contributed by atoms with Gasteiger partial charge in [0.25, 0.3) is 0 Å². The zero-order valence-electron chi connectivity index (χ0n) is 9.94. The lowest BCUT2D eigenvalue weighted by molar-refractivity contribution is 0.466. The van der Waals surface area contributed by atoms with Gasteiger partial charge in [-0.15, -0.1) is 0 Å². The second-order valence-electron chi connectivity index (χ2n) is 4.19. The normalized spacial score (nSPS) is 20.8. The number of hydrogen-bond donors (Lipinski definition) is 0. The largest absolute Gasteiger partial charge is 0.159 e. The average Bonchev–Trinajstić information content (AvgIpc) is 2.17. The molecule has 0 nitrogen and oxygen atoms in total. The van der Waals surface area contributed by atoms with Gasteiger partial charge >= 0.3 is 0 Å². The Hall–Kier alpha value is 0.700. The highest BCUT2D eigenvalue weighted by Gasteiger charge is 2.31. The Labute approximate surface area is 92.6 Å². The molecule has 0 aromatic carbocycles. The van der Waals surface area contributed by atoms with Crippen LogP contribution in [0.3, 0.4) is 0 Å².